The molecule has 2 N–H and O–H groups in total. The van der Waals surface area contributed by atoms with E-state index in [1.54, 1.807) is 0 Å². The Balaban J connectivity index is 1.90. The average Bonchev–Trinajstić information content (AvgIpc) is 2.97. The monoisotopic (exact) mass is 374 g/mol. The van der Waals surface area contributed by atoms with Crippen molar-refractivity contribution in [3.05, 3.63) is 12.4 Å². The van der Waals surface area contributed by atoms with Crippen LogP contribution >= 0.6 is 0 Å². The number of carboxylic acid groups (broad SMARTS) is 1. The predicted octanol–water partition coefficient (Wildman–Crippen LogP) is -0.728. The zero-order valence-electron chi connectivity index (χ0n) is 14.1. The molecule has 1 aromatic heterocycles. The molecular weight excluding hydrogens is 352 g/mol. The number of hydrogen-bond acceptors (Lipinski definition) is 7. The van der Waals surface area contributed by atoms with Gasteiger partial charge in [-0.3, -0.25) is 19.2 Å². The topological polar surface area (TPSA) is 131 Å². The Morgan fingerprint density at radius 3 is 2.72 bits per heavy atom. The van der Waals surface area contributed by atoms with Gasteiger partial charge in [-0.1, -0.05) is 6.92 Å². The quantitative estimate of drug-likeness (QED) is 0.541. The highest BCUT2D eigenvalue weighted by atomic mass is 32.2. The summed E-state index contributed by atoms with van der Waals surface area (Å²) in [6.45, 7) is 2.24. The minimum atomic E-state index is -3.74. The number of hydrogen-bond donors (Lipinski definition) is 2. The van der Waals surface area contributed by atoms with E-state index >= 15 is 0 Å². The fourth-order valence-electron chi connectivity index (χ4n) is 2.71. The van der Waals surface area contributed by atoms with Crippen molar-refractivity contribution in [3.63, 3.8) is 0 Å². The highest BCUT2D eigenvalue weighted by Gasteiger charge is 2.36. The number of carboxylic acids is 1. The Bertz CT molecular complexity index is 725. The lowest BCUT2D eigenvalue weighted by atomic mass is 9.86. The number of sulfonamides is 1. The van der Waals surface area contributed by atoms with E-state index in [1.807, 2.05) is 11.8 Å². The lowest BCUT2D eigenvalue weighted by Gasteiger charge is -2.41. The molecule has 0 bridgehead atoms. The van der Waals surface area contributed by atoms with Gasteiger partial charge in [0.2, 0.25) is 10.0 Å². The summed E-state index contributed by atoms with van der Waals surface area (Å²) in [7, 11) is -2.50. The number of ether oxygens (including phenoxy) is 1. The van der Waals surface area contributed by atoms with Crippen LogP contribution < -0.4 is 4.72 Å². The predicted molar refractivity (Wildman–Crippen MR) is 86.3 cm³/mol. The molecule has 140 valence electrons. The normalized spacial score (nSPS) is 20.3. The van der Waals surface area contributed by atoms with Crippen LogP contribution in [0.3, 0.4) is 0 Å². The van der Waals surface area contributed by atoms with Crippen molar-refractivity contribution in [2.45, 2.75) is 43.3 Å². The molecule has 1 aromatic rings. The summed E-state index contributed by atoms with van der Waals surface area (Å²) in [5.74, 6) is -1.43. The number of esters is 1. The third-order valence-corrected chi connectivity index (χ3v) is 5.61. The van der Waals surface area contributed by atoms with Crippen LogP contribution in [0.2, 0.25) is 0 Å². The molecule has 0 atom stereocenters. The van der Waals surface area contributed by atoms with Crippen LogP contribution in [0.1, 0.15) is 19.8 Å². The zero-order valence-corrected chi connectivity index (χ0v) is 14.9. The van der Waals surface area contributed by atoms with Crippen LogP contribution in [0.25, 0.3) is 0 Å². The van der Waals surface area contributed by atoms with Crippen LogP contribution in [0, 0.1) is 0 Å². The number of likely N-dealkylation sites (N-methyl/N-ethyl adjacent to an activating group) is 1. The van der Waals surface area contributed by atoms with Gasteiger partial charge in [0.25, 0.3) is 0 Å². The number of nitrogens with one attached hydrogen (secondary N) is 1. The lowest BCUT2D eigenvalue weighted by molar-refractivity contribution is -0.141. The van der Waals surface area contributed by atoms with Gasteiger partial charge in [-0.25, -0.2) is 13.1 Å². The number of carbonyl (C=O) groups excluding carboxylic acids is 1. The van der Waals surface area contributed by atoms with Crippen LogP contribution in [0.15, 0.2) is 17.3 Å². The SMILES string of the molecule is CCN(CC(=O)O)C1CC(NS(=O)(=O)c2cnn(CC(=O)OC)c2)C1. The summed E-state index contributed by atoms with van der Waals surface area (Å²) in [6.07, 6.45) is 3.54. The van der Waals surface area contributed by atoms with E-state index < -0.39 is 22.0 Å². The summed E-state index contributed by atoms with van der Waals surface area (Å²) >= 11 is 0. The highest BCUT2D eigenvalue weighted by Crippen LogP contribution is 2.27. The molecule has 0 unspecified atom stereocenters. The molecule has 0 radical (unpaired) electrons. The second kappa shape index (κ2) is 7.93. The number of carbonyl (C=O) groups is 2. The van der Waals surface area contributed by atoms with Crippen molar-refractivity contribution in [2.24, 2.45) is 0 Å². The maximum absolute atomic E-state index is 12.3. The van der Waals surface area contributed by atoms with E-state index in [9.17, 15) is 18.0 Å². The summed E-state index contributed by atoms with van der Waals surface area (Å²) in [5, 5.41) is 12.7. The van der Waals surface area contributed by atoms with E-state index in [0.717, 1.165) is 0 Å². The van der Waals surface area contributed by atoms with Crippen molar-refractivity contribution in [2.75, 3.05) is 20.2 Å². The van der Waals surface area contributed by atoms with Gasteiger partial charge in [-0.05, 0) is 19.4 Å². The molecule has 1 fully saturated rings. The molecule has 0 saturated heterocycles. The maximum atomic E-state index is 12.3. The van der Waals surface area contributed by atoms with Crippen LogP contribution in [-0.4, -0.2) is 72.4 Å². The molecule has 0 spiro atoms. The maximum Gasteiger partial charge on any atom is 0.327 e. The summed E-state index contributed by atoms with van der Waals surface area (Å²) in [5.41, 5.74) is 0. The minimum absolute atomic E-state index is 0.0299. The Morgan fingerprint density at radius 2 is 2.16 bits per heavy atom. The van der Waals surface area contributed by atoms with Crippen LogP contribution in [0.4, 0.5) is 0 Å². The average molecular weight is 374 g/mol. The standard InChI is InChI=1S/C14H22N4O6S/c1-3-17(8-13(19)20)11-4-10(5-11)16-25(22,23)12-6-15-18(7-12)9-14(21)24-2/h6-7,10-11,16H,3-5,8-9H2,1-2H3,(H,19,20). The van der Waals surface area contributed by atoms with Gasteiger partial charge in [0, 0.05) is 18.3 Å². The number of aromatic nitrogens is 2. The lowest BCUT2D eigenvalue weighted by Crippen LogP contribution is -2.54. The molecule has 0 aromatic carbocycles. The first-order valence-electron chi connectivity index (χ1n) is 7.82. The van der Waals surface area contributed by atoms with Gasteiger partial charge in [0.15, 0.2) is 0 Å². The molecular formula is C14H22N4O6S. The van der Waals surface area contributed by atoms with Crippen LogP contribution in [-0.2, 0) is 30.9 Å². The van der Waals surface area contributed by atoms with Gasteiger partial charge in [0.05, 0.1) is 19.9 Å². The van der Waals surface area contributed by atoms with Crippen LogP contribution in [0.5, 0.6) is 0 Å². The van der Waals surface area contributed by atoms with E-state index in [4.69, 9.17) is 5.11 Å². The van der Waals surface area contributed by atoms with E-state index in [0.29, 0.717) is 19.4 Å². The molecule has 1 aliphatic carbocycles. The number of aliphatic carboxylic acids is 1. The molecule has 1 aliphatic rings. The van der Waals surface area contributed by atoms with E-state index in [1.165, 1.54) is 24.2 Å². The van der Waals surface area contributed by atoms with E-state index in [2.05, 4.69) is 14.6 Å². The van der Waals surface area contributed by atoms with Gasteiger partial charge in [-0.2, -0.15) is 5.10 Å². The highest BCUT2D eigenvalue weighted by molar-refractivity contribution is 7.89. The molecule has 10 nitrogen and oxygen atoms in total. The second-order valence-electron chi connectivity index (χ2n) is 5.85. The first kappa shape index (κ1) is 19.3. The molecule has 11 heteroatoms. The third kappa shape index (κ3) is 5.00. The van der Waals surface area contributed by atoms with E-state index in [-0.39, 0.29) is 30.1 Å². The third-order valence-electron chi connectivity index (χ3n) is 4.13. The number of rotatable bonds is 9. The smallest absolute Gasteiger partial charge is 0.327 e. The van der Waals surface area contributed by atoms with Gasteiger partial charge in [-0.15, -0.1) is 0 Å². The molecule has 0 amide bonds. The Hall–Kier alpha value is -1.98. The second-order valence-corrected chi connectivity index (χ2v) is 7.56. The largest absolute Gasteiger partial charge is 0.480 e. The summed E-state index contributed by atoms with van der Waals surface area (Å²) in [4.78, 5) is 23.8. The molecule has 25 heavy (non-hydrogen) atoms. The Labute approximate surface area is 145 Å². The zero-order chi connectivity index (χ0) is 18.6. The summed E-state index contributed by atoms with van der Waals surface area (Å²) < 4.78 is 33.0. The number of methoxy groups -OCH3 is 1. The fraction of sp³-hybridized carbons (Fsp3) is 0.643. The molecule has 1 heterocycles. The Morgan fingerprint density at radius 1 is 1.48 bits per heavy atom. The molecule has 2 rings (SSSR count). The van der Waals surface area contributed by atoms with Crippen molar-refractivity contribution >= 4 is 22.0 Å². The number of nitrogens with zero attached hydrogens (tertiary/aromatic N) is 3. The van der Waals surface area contributed by atoms with Gasteiger partial charge >= 0.3 is 11.9 Å². The molecule has 1 saturated carbocycles. The Kier molecular flexibility index (Phi) is 6.14. The van der Waals surface area contributed by atoms with Crippen molar-refractivity contribution in [3.8, 4) is 0 Å². The summed E-state index contributed by atoms with van der Waals surface area (Å²) in [6, 6.07) is -0.197. The first-order valence-corrected chi connectivity index (χ1v) is 9.31. The molecule has 0 aliphatic heterocycles. The van der Waals surface area contributed by atoms with Crippen molar-refractivity contribution in [1.29, 1.82) is 0 Å². The first-order chi connectivity index (χ1) is 11.7. The van der Waals surface area contributed by atoms with Crippen molar-refractivity contribution in [1.82, 2.24) is 19.4 Å². The van der Waals surface area contributed by atoms with Gasteiger partial charge in [0.1, 0.15) is 11.4 Å². The van der Waals surface area contributed by atoms with Gasteiger partial charge < -0.3 is 9.84 Å². The fourth-order valence-corrected chi connectivity index (χ4v) is 3.92. The van der Waals surface area contributed by atoms with Crippen molar-refractivity contribution < 1.29 is 27.9 Å². The minimum Gasteiger partial charge on any atom is -0.480 e.